The number of carbonyl (C=O) groups is 2. The first kappa shape index (κ1) is 20.5. The van der Waals surface area contributed by atoms with Crippen LogP contribution in [0, 0.1) is 0 Å². The van der Waals surface area contributed by atoms with E-state index in [1.807, 2.05) is 24.3 Å². The average Bonchev–Trinajstić information content (AvgIpc) is 2.64. The van der Waals surface area contributed by atoms with Crippen LogP contribution < -0.4 is 4.74 Å². The third-order valence-electron chi connectivity index (χ3n) is 3.81. The Morgan fingerprint density at radius 3 is 2.40 bits per heavy atom. The summed E-state index contributed by atoms with van der Waals surface area (Å²) in [6.07, 6.45) is 3.80. The standard InChI is InChI=1S/C20H27NO4/c1-5-6-14-21(15-17-10-12-18(24-3)13-11-17)20(23)16(2)8-7-9-19(22)25-4/h5,10-13H,1-2,6-9,14-15H2,3-4H3. The molecule has 0 bridgehead atoms. The van der Waals surface area contributed by atoms with Crippen molar-refractivity contribution >= 4 is 11.9 Å². The van der Waals surface area contributed by atoms with E-state index in [1.165, 1.54) is 7.11 Å². The van der Waals surface area contributed by atoms with Crippen LogP contribution in [0.15, 0.2) is 49.1 Å². The lowest BCUT2D eigenvalue weighted by Crippen LogP contribution is -2.32. The van der Waals surface area contributed by atoms with Crippen LogP contribution in [-0.2, 0) is 20.9 Å². The largest absolute Gasteiger partial charge is 0.497 e. The predicted molar refractivity (Wildman–Crippen MR) is 98.2 cm³/mol. The number of hydrogen-bond acceptors (Lipinski definition) is 4. The Balaban J connectivity index is 2.68. The maximum Gasteiger partial charge on any atom is 0.305 e. The average molecular weight is 345 g/mol. The molecule has 0 N–H and O–H groups in total. The first-order valence-corrected chi connectivity index (χ1v) is 8.29. The van der Waals surface area contributed by atoms with E-state index < -0.39 is 0 Å². The van der Waals surface area contributed by atoms with Gasteiger partial charge in [-0.15, -0.1) is 6.58 Å². The number of amides is 1. The molecule has 25 heavy (non-hydrogen) atoms. The fraction of sp³-hybridized carbons (Fsp3) is 0.400. The van der Waals surface area contributed by atoms with Gasteiger partial charge in [0.25, 0.3) is 0 Å². The maximum absolute atomic E-state index is 12.7. The van der Waals surface area contributed by atoms with Crippen LogP contribution in [0.2, 0.25) is 0 Å². The predicted octanol–water partition coefficient (Wildman–Crippen LogP) is 3.50. The summed E-state index contributed by atoms with van der Waals surface area (Å²) < 4.78 is 9.76. The van der Waals surface area contributed by atoms with Crippen molar-refractivity contribution in [3.05, 3.63) is 54.6 Å². The maximum atomic E-state index is 12.7. The highest BCUT2D eigenvalue weighted by Crippen LogP contribution is 2.16. The molecule has 0 atom stereocenters. The van der Waals surface area contributed by atoms with Crippen LogP contribution in [0.3, 0.4) is 0 Å². The zero-order valence-electron chi connectivity index (χ0n) is 15.1. The third kappa shape index (κ3) is 7.25. The van der Waals surface area contributed by atoms with Gasteiger partial charge in [0.1, 0.15) is 5.75 Å². The Morgan fingerprint density at radius 2 is 1.84 bits per heavy atom. The molecule has 0 heterocycles. The Labute approximate surface area is 149 Å². The summed E-state index contributed by atoms with van der Waals surface area (Å²) in [7, 11) is 2.97. The number of carbonyl (C=O) groups excluding carboxylic acids is 2. The van der Waals surface area contributed by atoms with E-state index in [2.05, 4.69) is 17.9 Å². The molecule has 0 aromatic heterocycles. The fourth-order valence-electron chi connectivity index (χ4n) is 2.33. The highest BCUT2D eigenvalue weighted by Gasteiger charge is 2.17. The van der Waals surface area contributed by atoms with Gasteiger partial charge in [-0.3, -0.25) is 9.59 Å². The van der Waals surface area contributed by atoms with E-state index in [0.29, 0.717) is 37.9 Å². The van der Waals surface area contributed by atoms with Crippen LogP contribution in [0.5, 0.6) is 5.75 Å². The van der Waals surface area contributed by atoms with Gasteiger partial charge in [-0.2, -0.15) is 0 Å². The van der Waals surface area contributed by atoms with Crippen molar-refractivity contribution in [1.82, 2.24) is 4.90 Å². The summed E-state index contributed by atoms with van der Waals surface area (Å²) in [5.41, 5.74) is 1.52. The molecular weight excluding hydrogens is 318 g/mol. The molecular formula is C20H27NO4. The number of nitrogens with zero attached hydrogens (tertiary/aromatic N) is 1. The Hall–Kier alpha value is -2.56. The molecule has 0 unspecified atom stereocenters. The quantitative estimate of drug-likeness (QED) is 0.350. The van der Waals surface area contributed by atoms with Crippen LogP contribution in [0.1, 0.15) is 31.2 Å². The zero-order valence-corrected chi connectivity index (χ0v) is 15.1. The molecule has 0 saturated heterocycles. The minimum absolute atomic E-state index is 0.0949. The van der Waals surface area contributed by atoms with Crippen molar-refractivity contribution in [2.75, 3.05) is 20.8 Å². The third-order valence-corrected chi connectivity index (χ3v) is 3.81. The van der Waals surface area contributed by atoms with Gasteiger partial charge >= 0.3 is 5.97 Å². The van der Waals surface area contributed by atoms with Gasteiger partial charge in [-0.1, -0.05) is 24.8 Å². The molecule has 0 aliphatic heterocycles. The second kappa shape index (κ2) is 11.1. The molecule has 0 spiro atoms. The SMILES string of the molecule is C=CCCN(Cc1ccc(OC)cc1)C(=O)C(=C)CCCC(=O)OC. The van der Waals surface area contributed by atoms with E-state index >= 15 is 0 Å². The summed E-state index contributed by atoms with van der Waals surface area (Å²) in [4.78, 5) is 25.6. The summed E-state index contributed by atoms with van der Waals surface area (Å²) in [5.74, 6) is 0.407. The van der Waals surface area contributed by atoms with E-state index in [9.17, 15) is 9.59 Å². The summed E-state index contributed by atoms with van der Waals surface area (Å²) in [5, 5.41) is 0. The number of methoxy groups -OCH3 is 2. The van der Waals surface area contributed by atoms with Gasteiger partial charge in [0.05, 0.1) is 14.2 Å². The molecule has 5 heteroatoms. The topological polar surface area (TPSA) is 55.8 Å². The van der Waals surface area contributed by atoms with Crippen molar-refractivity contribution in [2.45, 2.75) is 32.2 Å². The van der Waals surface area contributed by atoms with Crippen LogP contribution >= 0.6 is 0 Å². The van der Waals surface area contributed by atoms with Gasteiger partial charge in [0.15, 0.2) is 0 Å². The molecule has 5 nitrogen and oxygen atoms in total. The lowest BCUT2D eigenvalue weighted by Gasteiger charge is -2.23. The molecule has 136 valence electrons. The van der Waals surface area contributed by atoms with Crippen molar-refractivity contribution in [3.63, 3.8) is 0 Å². The number of benzene rings is 1. The molecule has 0 radical (unpaired) electrons. The lowest BCUT2D eigenvalue weighted by atomic mass is 10.1. The zero-order chi connectivity index (χ0) is 18.7. The molecule has 0 aliphatic carbocycles. The summed E-state index contributed by atoms with van der Waals surface area (Å²) in [6.45, 7) is 8.67. The van der Waals surface area contributed by atoms with E-state index in [1.54, 1.807) is 18.1 Å². The van der Waals surface area contributed by atoms with E-state index in [0.717, 1.165) is 11.3 Å². The Morgan fingerprint density at radius 1 is 1.16 bits per heavy atom. The molecule has 1 rings (SSSR count). The van der Waals surface area contributed by atoms with Gasteiger partial charge in [-0.25, -0.2) is 0 Å². The van der Waals surface area contributed by atoms with Gasteiger partial charge in [-0.05, 0) is 37.0 Å². The van der Waals surface area contributed by atoms with Crippen LogP contribution in [0.4, 0.5) is 0 Å². The van der Waals surface area contributed by atoms with Crippen LogP contribution in [0.25, 0.3) is 0 Å². The van der Waals surface area contributed by atoms with Crippen LogP contribution in [-0.4, -0.2) is 37.5 Å². The highest BCUT2D eigenvalue weighted by atomic mass is 16.5. The first-order chi connectivity index (χ1) is 12.0. The molecule has 0 fully saturated rings. The minimum atomic E-state index is -0.276. The number of esters is 1. The second-order valence-electron chi connectivity index (χ2n) is 5.69. The number of ether oxygens (including phenoxy) is 2. The molecule has 1 aromatic carbocycles. The van der Waals surface area contributed by atoms with Crippen molar-refractivity contribution in [1.29, 1.82) is 0 Å². The monoisotopic (exact) mass is 345 g/mol. The Bertz CT molecular complexity index is 592. The Kier molecular flexibility index (Phi) is 9.07. The molecule has 0 aliphatic rings. The van der Waals surface area contributed by atoms with Gasteiger partial charge < -0.3 is 14.4 Å². The fourth-order valence-corrected chi connectivity index (χ4v) is 2.33. The lowest BCUT2D eigenvalue weighted by molar-refractivity contribution is -0.140. The number of hydrogen-bond donors (Lipinski definition) is 0. The molecule has 1 amide bonds. The normalized spacial score (nSPS) is 10.0. The molecule has 0 saturated carbocycles. The first-order valence-electron chi connectivity index (χ1n) is 8.29. The van der Waals surface area contributed by atoms with Crippen molar-refractivity contribution in [2.24, 2.45) is 0 Å². The van der Waals surface area contributed by atoms with Crippen molar-refractivity contribution in [3.8, 4) is 5.75 Å². The van der Waals surface area contributed by atoms with E-state index in [4.69, 9.17) is 4.74 Å². The summed E-state index contributed by atoms with van der Waals surface area (Å²) in [6, 6.07) is 7.62. The van der Waals surface area contributed by atoms with Crippen molar-refractivity contribution < 1.29 is 19.1 Å². The van der Waals surface area contributed by atoms with Gasteiger partial charge in [0, 0.05) is 25.1 Å². The molecule has 1 aromatic rings. The minimum Gasteiger partial charge on any atom is -0.497 e. The van der Waals surface area contributed by atoms with E-state index in [-0.39, 0.29) is 18.3 Å². The smallest absolute Gasteiger partial charge is 0.305 e. The van der Waals surface area contributed by atoms with Gasteiger partial charge in [0.2, 0.25) is 5.91 Å². The number of rotatable bonds is 11. The second-order valence-corrected chi connectivity index (χ2v) is 5.69. The highest BCUT2D eigenvalue weighted by molar-refractivity contribution is 5.92. The summed E-state index contributed by atoms with van der Waals surface area (Å²) >= 11 is 0.